The molecule has 0 amide bonds. The van der Waals surface area contributed by atoms with Crippen LogP contribution in [0, 0.1) is 5.92 Å². The van der Waals surface area contributed by atoms with E-state index in [4.69, 9.17) is 18.0 Å². The smallest absolute Gasteiger partial charge is 0.0745 e. The Morgan fingerprint density at radius 1 is 1.25 bits per heavy atom. The zero-order chi connectivity index (χ0) is 14.4. The van der Waals surface area contributed by atoms with Crippen LogP contribution in [-0.4, -0.2) is 17.6 Å². The molecule has 2 rings (SSSR count). The summed E-state index contributed by atoms with van der Waals surface area (Å²) < 4.78 is 0. The Kier molecular flexibility index (Phi) is 5.84. The monoisotopic (exact) mass is 290 g/mol. The van der Waals surface area contributed by atoms with Gasteiger partial charge in [-0.25, -0.2) is 0 Å². The van der Waals surface area contributed by atoms with Gasteiger partial charge in [0.2, 0.25) is 0 Å². The van der Waals surface area contributed by atoms with Crippen molar-refractivity contribution in [3.8, 4) is 0 Å². The predicted molar refractivity (Wildman–Crippen MR) is 91.2 cm³/mol. The number of nitrogens with zero attached hydrogens (tertiary/aromatic N) is 1. The van der Waals surface area contributed by atoms with E-state index in [0.717, 1.165) is 18.9 Å². The quantitative estimate of drug-likeness (QED) is 0.798. The van der Waals surface area contributed by atoms with Crippen molar-refractivity contribution in [3.63, 3.8) is 0 Å². The second-order valence-corrected chi connectivity index (χ2v) is 6.29. The standard InChI is InChI=1S/C17H26N2S/c1-2-14-8-6-7-11-16(14)19(13-12-17(18)20)15-9-4-3-5-10-15/h3-5,9-10,14,16H,2,6-8,11-13H2,1H3,(H2,18,20). The number of benzene rings is 1. The Balaban J connectivity index is 2.18. The fourth-order valence-corrected chi connectivity index (χ4v) is 3.50. The summed E-state index contributed by atoms with van der Waals surface area (Å²) in [6.07, 6.45) is 7.45. The molecule has 2 N–H and O–H groups in total. The predicted octanol–water partition coefficient (Wildman–Crippen LogP) is 4.14. The summed E-state index contributed by atoms with van der Waals surface area (Å²) in [5, 5.41) is 0. The highest BCUT2D eigenvalue weighted by Crippen LogP contribution is 2.33. The molecule has 0 heterocycles. The third kappa shape index (κ3) is 3.95. The fourth-order valence-electron chi connectivity index (χ4n) is 3.41. The molecule has 1 fully saturated rings. The van der Waals surface area contributed by atoms with Gasteiger partial charge < -0.3 is 10.6 Å². The summed E-state index contributed by atoms with van der Waals surface area (Å²) in [6.45, 7) is 3.26. The maximum atomic E-state index is 5.72. The Morgan fingerprint density at radius 2 is 1.95 bits per heavy atom. The minimum atomic E-state index is 0.620. The number of nitrogens with two attached hydrogens (primary N) is 1. The van der Waals surface area contributed by atoms with Crippen molar-refractivity contribution >= 4 is 22.9 Å². The summed E-state index contributed by atoms with van der Waals surface area (Å²) in [4.78, 5) is 3.17. The van der Waals surface area contributed by atoms with Crippen molar-refractivity contribution in [1.29, 1.82) is 0 Å². The highest BCUT2D eigenvalue weighted by Gasteiger charge is 2.29. The Labute approximate surface area is 128 Å². The third-order valence-electron chi connectivity index (χ3n) is 4.48. The van der Waals surface area contributed by atoms with Crippen molar-refractivity contribution in [1.82, 2.24) is 0 Å². The second-order valence-electron chi connectivity index (χ2n) is 5.77. The maximum Gasteiger partial charge on any atom is 0.0745 e. The Bertz CT molecular complexity index is 418. The number of rotatable bonds is 6. The third-order valence-corrected chi connectivity index (χ3v) is 4.68. The molecular weight excluding hydrogens is 264 g/mol. The molecule has 2 nitrogen and oxygen atoms in total. The molecule has 20 heavy (non-hydrogen) atoms. The molecule has 0 aliphatic heterocycles. The summed E-state index contributed by atoms with van der Waals surface area (Å²) in [5.74, 6) is 0.801. The van der Waals surface area contributed by atoms with E-state index in [1.165, 1.54) is 37.8 Å². The highest BCUT2D eigenvalue weighted by atomic mass is 32.1. The van der Waals surface area contributed by atoms with Crippen molar-refractivity contribution in [2.45, 2.75) is 51.5 Å². The van der Waals surface area contributed by atoms with E-state index in [9.17, 15) is 0 Å². The molecule has 1 aromatic rings. The van der Waals surface area contributed by atoms with Crippen LogP contribution in [0.25, 0.3) is 0 Å². The van der Waals surface area contributed by atoms with Crippen LogP contribution in [-0.2, 0) is 0 Å². The van der Waals surface area contributed by atoms with Crippen LogP contribution in [0.3, 0.4) is 0 Å². The molecule has 0 bridgehead atoms. The maximum absolute atomic E-state index is 5.72. The summed E-state index contributed by atoms with van der Waals surface area (Å²) in [5.41, 5.74) is 7.03. The lowest BCUT2D eigenvalue weighted by Gasteiger charge is -2.41. The summed E-state index contributed by atoms with van der Waals surface area (Å²) in [7, 11) is 0. The van der Waals surface area contributed by atoms with E-state index in [1.54, 1.807) is 0 Å². The van der Waals surface area contributed by atoms with Crippen LogP contribution in [0.1, 0.15) is 45.4 Å². The minimum absolute atomic E-state index is 0.620. The van der Waals surface area contributed by atoms with Crippen LogP contribution in [0.2, 0.25) is 0 Å². The molecule has 1 saturated carbocycles. The van der Waals surface area contributed by atoms with Crippen molar-refractivity contribution in [2.24, 2.45) is 11.7 Å². The van der Waals surface area contributed by atoms with Crippen molar-refractivity contribution in [3.05, 3.63) is 30.3 Å². The number of hydrogen-bond acceptors (Lipinski definition) is 2. The first-order valence-corrected chi connectivity index (χ1v) is 8.23. The second kappa shape index (κ2) is 7.63. The Morgan fingerprint density at radius 3 is 2.60 bits per heavy atom. The molecule has 3 heteroatoms. The van der Waals surface area contributed by atoms with E-state index in [2.05, 4.69) is 42.2 Å². The lowest BCUT2D eigenvalue weighted by molar-refractivity contribution is 0.286. The van der Waals surface area contributed by atoms with Crippen LogP contribution < -0.4 is 10.6 Å². The van der Waals surface area contributed by atoms with Crippen molar-refractivity contribution < 1.29 is 0 Å². The normalized spacial score (nSPS) is 22.4. The van der Waals surface area contributed by atoms with Gasteiger partial charge in [-0.3, -0.25) is 0 Å². The largest absolute Gasteiger partial charge is 0.393 e. The lowest BCUT2D eigenvalue weighted by Crippen LogP contribution is -2.43. The molecular formula is C17H26N2S. The topological polar surface area (TPSA) is 29.3 Å². The summed E-state index contributed by atoms with van der Waals surface area (Å²) in [6, 6.07) is 11.4. The van der Waals surface area contributed by atoms with Crippen LogP contribution in [0.4, 0.5) is 5.69 Å². The van der Waals surface area contributed by atoms with Crippen LogP contribution in [0.5, 0.6) is 0 Å². The van der Waals surface area contributed by atoms with E-state index in [1.807, 2.05) is 0 Å². The van der Waals surface area contributed by atoms with Gasteiger partial charge in [0.1, 0.15) is 0 Å². The molecule has 0 spiro atoms. The molecule has 0 saturated heterocycles. The van der Waals surface area contributed by atoms with Crippen molar-refractivity contribution in [2.75, 3.05) is 11.4 Å². The van der Waals surface area contributed by atoms with Gasteiger partial charge in [0.05, 0.1) is 4.99 Å². The van der Waals surface area contributed by atoms with Gasteiger partial charge in [0.25, 0.3) is 0 Å². The SMILES string of the molecule is CCC1CCCCC1N(CCC(N)=S)c1ccccc1. The first-order valence-electron chi connectivity index (χ1n) is 7.82. The number of thiocarbonyl (C=S) groups is 1. The van der Waals surface area contributed by atoms with Gasteiger partial charge in [0, 0.05) is 24.7 Å². The molecule has 2 unspecified atom stereocenters. The first kappa shape index (κ1) is 15.3. The average Bonchev–Trinajstić information content (AvgIpc) is 2.49. The van der Waals surface area contributed by atoms with Gasteiger partial charge in [-0.2, -0.15) is 0 Å². The number of hydrogen-bond donors (Lipinski definition) is 1. The number of para-hydroxylation sites is 1. The van der Waals surface area contributed by atoms with Crippen LogP contribution >= 0.6 is 12.2 Å². The van der Waals surface area contributed by atoms with E-state index >= 15 is 0 Å². The molecule has 1 aliphatic carbocycles. The Hall–Kier alpha value is -1.09. The van der Waals surface area contributed by atoms with Gasteiger partial charge in [-0.05, 0) is 30.9 Å². The minimum Gasteiger partial charge on any atom is -0.393 e. The van der Waals surface area contributed by atoms with Gasteiger partial charge in [0.15, 0.2) is 0 Å². The van der Waals surface area contributed by atoms with Gasteiger partial charge in [-0.15, -0.1) is 0 Å². The number of anilines is 1. The van der Waals surface area contributed by atoms with Gasteiger partial charge in [-0.1, -0.05) is 56.6 Å². The zero-order valence-corrected chi connectivity index (χ0v) is 13.2. The molecule has 1 aromatic carbocycles. The van der Waals surface area contributed by atoms with E-state index in [-0.39, 0.29) is 0 Å². The lowest BCUT2D eigenvalue weighted by atomic mass is 9.81. The van der Waals surface area contributed by atoms with E-state index in [0.29, 0.717) is 11.0 Å². The fraction of sp³-hybridized carbons (Fsp3) is 0.588. The molecule has 0 aromatic heterocycles. The average molecular weight is 290 g/mol. The molecule has 0 radical (unpaired) electrons. The molecule has 1 aliphatic rings. The molecule has 110 valence electrons. The zero-order valence-electron chi connectivity index (χ0n) is 12.4. The van der Waals surface area contributed by atoms with Crippen LogP contribution in [0.15, 0.2) is 30.3 Å². The molecule has 2 atom stereocenters. The van der Waals surface area contributed by atoms with E-state index < -0.39 is 0 Å². The first-order chi connectivity index (χ1) is 9.72. The van der Waals surface area contributed by atoms with Gasteiger partial charge >= 0.3 is 0 Å². The summed E-state index contributed by atoms with van der Waals surface area (Å²) >= 11 is 5.07. The highest BCUT2D eigenvalue weighted by molar-refractivity contribution is 7.80.